The number of hydrogen-bond acceptors (Lipinski definition) is 7. The van der Waals surface area contributed by atoms with Gasteiger partial charge in [-0.15, -0.1) is 0 Å². The van der Waals surface area contributed by atoms with Gasteiger partial charge in [0.05, 0.1) is 5.69 Å². The molecule has 0 aliphatic rings. The van der Waals surface area contributed by atoms with Crippen LogP contribution in [-0.2, 0) is 0 Å². The Morgan fingerprint density at radius 1 is 0.923 bits per heavy atom. The lowest BCUT2D eigenvalue weighted by molar-refractivity contribution is 0.101. The largest absolute Gasteiger partial charge is 0.304 e. The predicted octanol–water partition coefficient (Wildman–Crippen LogP) is 1.77. The van der Waals surface area contributed by atoms with Gasteiger partial charge >= 0.3 is 0 Å². The SMILES string of the molecule is O=C(Nc1ccnc(-c2ccccn2)n1)c1ncnn1-c1ccncc1. The van der Waals surface area contributed by atoms with Crippen LogP contribution in [0, 0.1) is 0 Å². The van der Waals surface area contributed by atoms with Crippen LogP contribution in [0.25, 0.3) is 17.2 Å². The molecule has 1 N–H and O–H groups in total. The fourth-order valence-corrected chi connectivity index (χ4v) is 2.29. The van der Waals surface area contributed by atoms with Crippen molar-refractivity contribution in [3.05, 3.63) is 73.3 Å². The third-order valence-corrected chi connectivity index (χ3v) is 3.45. The van der Waals surface area contributed by atoms with Gasteiger partial charge in [-0.1, -0.05) is 6.07 Å². The van der Waals surface area contributed by atoms with E-state index in [2.05, 4.69) is 35.3 Å². The highest BCUT2D eigenvalue weighted by molar-refractivity contribution is 6.01. The molecule has 1 amide bonds. The summed E-state index contributed by atoms with van der Waals surface area (Å²) in [6, 6.07) is 10.5. The van der Waals surface area contributed by atoms with E-state index in [0.29, 0.717) is 23.0 Å². The minimum Gasteiger partial charge on any atom is -0.304 e. The summed E-state index contributed by atoms with van der Waals surface area (Å²) in [6.07, 6.45) is 7.75. The molecule has 0 unspecified atom stereocenters. The first kappa shape index (κ1) is 15.5. The zero-order chi connectivity index (χ0) is 17.8. The number of nitrogens with zero attached hydrogens (tertiary/aromatic N) is 7. The van der Waals surface area contributed by atoms with Crippen LogP contribution in [0.3, 0.4) is 0 Å². The molecule has 0 atom stereocenters. The van der Waals surface area contributed by atoms with Gasteiger partial charge in [-0.25, -0.2) is 19.6 Å². The molecule has 126 valence electrons. The number of nitrogens with one attached hydrogen (secondary N) is 1. The summed E-state index contributed by atoms with van der Waals surface area (Å²) >= 11 is 0. The van der Waals surface area contributed by atoms with Crippen molar-refractivity contribution in [1.29, 1.82) is 0 Å². The van der Waals surface area contributed by atoms with Crippen LogP contribution in [0.15, 0.2) is 67.5 Å². The number of amides is 1. The first-order valence-corrected chi connectivity index (χ1v) is 7.67. The molecule has 4 rings (SSSR count). The van der Waals surface area contributed by atoms with Crippen LogP contribution < -0.4 is 5.32 Å². The van der Waals surface area contributed by atoms with Crippen molar-refractivity contribution in [2.24, 2.45) is 0 Å². The van der Waals surface area contributed by atoms with E-state index in [1.165, 1.54) is 11.0 Å². The lowest BCUT2D eigenvalue weighted by Crippen LogP contribution is -2.19. The standard InChI is InChI=1S/C17H12N8O/c26-17(16-21-11-22-25(16)12-4-8-18-9-5-12)24-14-6-10-20-15(23-14)13-3-1-2-7-19-13/h1-11H,(H,20,23,24,26). The van der Waals surface area contributed by atoms with Crippen molar-refractivity contribution in [3.8, 4) is 17.2 Å². The number of carbonyl (C=O) groups is 1. The minimum atomic E-state index is -0.440. The number of aromatic nitrogens is 7. The molecule has 4 aromatic heterocycles. The molecule has 0 radical (unpaired) electrons. The zero-order valence-corrected chi connectivity index (χ0v) is 13.4. The van der Waals surface area contributed by atoms with Gasteiger partial charge in [0, 0.05) is 24.8 Å². The molecule has 0 aromatic carbocycles. The molecule has 26 heavy (non-hydrogen) atoms. The Bertz CT molecular complexity index is 1030. The molecule has 9 heteroatoms. The van der Waals surface area contributed by atoms with Crippen molar-refractivity contribution in [2.75, 3.05) is 5.32 Å². The van der Waals surface area contributed by atoms with E-state index in [1.807, 2.05) is 6.07 Å². The van der Waals surface area contributed by atoms with E-state index in [-0.39, 0.29) is 5.82 Å². The molecule has 0 saturated heterocycles. The first-order valence-electron chi connectivity index (χ1n) is 7.67. The van der Waals surface area contributed by atoms with Crippen molar-refractivity contribution in [1.82, 2.24) is 34.7 Å². The minimum absolute atomic E-state index is 0.134. The highest BCUT2D eigenvalue weighted by Crippen LogP contribution is 2.14. The number of carbonyl (C=O) groups excluding carboxylic acids is 1. The quantitative estimate of drug-likeness (QED) is 0.600. The summed E-state index contributed by atoms with van der Waals surface area (Å²) in [4.78, 5) is 33.3. The normalized spacial score (nSPS) is 10.5. The van der Waals surface area contributed by atoms with E-state index >= 15 is 0 Å². The third kappa shape index (κ3) is 3.13. The maximum Gasteiger partial charge on any atom is 0.294 e. The highest BCUT2D eigenvalue weighted by atomic mass is 16.2. The molecule has 0 spiro atoms. The topological polar surface area (TPSA) is 111 Å². The van der Waals surface area contributed by atoms with Crippen LogP contribution >= 0.6 is 0 Å². The lowest BCUT2D eigenvalue weighted by atomic mass is 10.3. The number of rotatable bonds is 4. The molecule has 0 aliphatic carbocycles. The smallest absolute Gasteiger partial charge is 0.294 e. The first-order chi connectivity index (χ1) is 12.8. The van der Waals surface area contributed by atoms with Gasteiger partial charge in [-0.2, -0.15) is 5.10 Å². The Kier molecular flexibility index (Phi) is 4.09. The van der Waals surface area contributed by atoms with Crippen molar-refractivity contribution in [3.63, 3.8) is 0 Å². The summed E-state index contributed by atoms with van der Waals surface area (Å²) in [7, 11) is 0. The summed E-state index contributed by atoms with van der Waals surface area (Å²) in [5.41, 5.74) is 1.29. The molecule has 9 nitrogen and oxygen atoms in total. The Morgan fingerprint density at radius 2 is 1.81 bits per heavy atom. The van der Waals surface area contributed by atoms with Crippen LogP contribution in [-0.4, -0.2) is 40.6 Å². The van der Waals surface area contributed by atoms with Crippen LogP contribution in [0.5, 0.6) is 0 Å². The molecule has 0 fully saturated rings. The second kappa shape index (κ2) is 6.85. The van der Waals surface area contributed by atoms with Crippen LogP contribution in [0.2, 0.25) is 0 Å². The molecule has 4 aromatic rings. The molecule has 0 bridgehead atoms. The number of hydrogen-bond donors (Lipinski definition) is 1. The number of pyridine rings is 2. The fraction of sp³-hybridized carbons (Fsp3) is 0. The van der Waals surface area contributed by atoms with Crippen LogP contribution in [0.1, 0.15) is 10.6 Å². The summed E-state index contributed by atoms with van der Waals surface area (Å²) < 4.78 is 1.43. The Balaban J connectivity index is 1.60. The highest BCUT2D eigenvalue weighted by Gasteiger charge is 2.16. The average Bonchev–Trinajstić information content (AvgIpc) is 3.20. The number of anilines is 1. The lowest BCUT2D eigenvalue weighted by Gasteiger charge is -2.07. The molecule has 0 aliphatic heterocycles. The summed E-state index contributed by atoms with van der Waals surface area (Å²) in [6.45, 7) is 0. The Hall–Kier alpha value is -4.01. The Labute approximate surface area is 147 Å². The van der Waals surface area contributed by atoms with Gasteiger partial charge in [0.15, 0.2) is 5.82 Å². The van der Waals surface area contributed by atoms with Gasteiger partial charge in [-0.3, -0.25) is 14.8 Å². The van der Waals surface area contributed by atoms with E-state index in [1.54, 1.807) is 55.1 Å². The van der Waals surface area contributed by atoms with Gasteiger partial charge in [0.2, 0.25) is 5.82 Å². The predicted molar refractivity (Wildman–Crippen MR) is 92.4 cm³/mol. The molecular formula is C17H12N8O. The summed E-state index contributed by atoms with van der Waals surface area (Å²) in [5.74, 6) is 0.452. The zero-order valence-electron chi connectivity index (χ0n) is 13.4. The monoisotopic (exact) mass is 344 g/mol. The molecular weight excluding hydrogens is 332 g/mol. The van der Waals surface area contributed by atoms with E-state index in [0.717, 1.165) is 0 Å². The average molecular weight is 344 g/mol. The van der Waals surface area contributed by atoms with Gasteiger partial charge < -0.3 is 5.32 Å². The maximum absolute atomic E-state index is 12.6. The van der Waals surface area contributed by atoms with Gasteiger partial charge in [-0.05, 0) is 30.3 Å². The van der Waals surface area contributed by atoms with Crippen LogP contribution in [0.4, 0.5) is 5.82 Å². The molecule has 0 saturated carbocycles. The van der Waals surface area contributed by atoms with Crippen molar-refractivity contribution < 1.29 is 4.79 Å². The maximum atomic E-state index is 12.6. The van der Waals surface area contributed by atoms with E-state index in [4.69, 9.17) is 0 Å². The van der Waals surface area contributed by atoms with Crippen molar-refractivity contribution >= 4 is 11.7 Å². The van der Waals surface area contributed by atoms with Crippen molar-refractivity contribution in [2.45, 2.75) is 0 Å². The summed E-state index contributed by atoms with van der Waals surface area (Å²) in [5, 5.41) is 6.80. The fourth-order valence-electron chi connectivity index (χ4n) is 2.29. The molecule has 4 heterocycles. The van der Waals surface area contributed by atoms with Gasteiger partial charge in [0.1, 0.15) is 17.8 Å². The second-order valence-electron chi connectivity index (χ2n) is 5.14. The third-order valence-electron chi connectivity index (χ3n) is 3.45. The van der Waals surface area contributed by atoms with E-state index < -0.39 is 5.91 Å². The van der Waals surface area contributed by atoms with Gasteiger partial charge in [0.25, 0.3) is 5.91 Å². The Morgan fingerprint density at radius 3 is 2.62 bits per heavy atom. The second-order valence-corrected chi connectivity index (χ2v) is 5.14. The van der Waals surface area contributed by atoms with E-state index in [9.17, 15) is 4.79 Å².